The Bertz CT molecular complexity index is 765. The molecule has 0 atom stereocenters. The number of aromatic nitrogens is 2. The number of rotatable bonds is 3. The second-order valence-corrected chi connectivity index (χ2v) is 4.80. The largest absolute Gasteiger partial charge is 0.477 e. The molecule has 1 N–H and O–H groups in total. The Morgan fingerprint density at radius 2 is 2.05 bits per heavy atom. The first-order chi connectivity index (χ1) is 9.68. The van der Waals surface area contributed by atoms with Crippen LogP contribution in [0.25, 0.3) is 16.9 Å². The third-order valence-corrected chi connectivity index (χ3v) is 3.49. The van der Waals surface area contributed by atoms with E-state index in [1.54, 1.807) is 41.4 Å². The molecule has 0 aliphatic heterocycles. The fraction of sp³-hybridized carbons (Fsp3) is 0. The zero-order chi connectivity index (χ0) is 14.1. The second kappa shape index (κ2) is 4.90. The number of hydrogen-bond acceptors (Lipinski definition) is 3. The van der Waals surface area contributed by atoms with Gasteiger partial charge in [-0.15, -0.1) is 11.3 Å². The van der Waals surface area contributed by atoms with Crippen LogP contribution in [0.3, 0.4) is 0 Å². The molecule has 0 radical (unpaired) electrons. The van der Waals surface area contributed by atoms with Crippen molar-refractivity contribution in [3.05, 3.63) is 58.9 Å². The van der Waals surface area contributed by atoms with Gasteiger partial charge in [0, 0.05) is 22.7 Å². The molecule has 4 nitrogen and oxygen atoms in total. The Hall–Kier alpha value is -2.47. The molecule has 0 spiro atoms. The first-order valence-corrected chi connectivity index (χ1v) is 6.71. The van der Waals surface area contributed by atoms with E-state index < -0.39 is 11.8 Å². The van der Waals surface area contributed by atoms with Gasteiger partial charge in [0.2, 0.25) is 0 Å². The van der Waals surface area contributed by atoms with Crippen molar-refractivity contribution in [3.63, 3.8) is 0 Å². The number of halogens is 1. The van der Waals surface area contributed by atoms with Gasteiger partial charge < -0.3 is 5.11 Å². The molecule has 0 aliphatic rings. The van der Waals surface area contributed by atoms with Gasteiger partial charge in [0.05, 0.1) is 5.51 Å². The highest BCUT2D eigenvalue weighted by molar-refractivity contribution is 7.07. The van der Waals surface area contributed by atoms with E-state index in [1.807, 2.05) is 0 Å². The zero-order valence-corrected chi connectivity index (χ0v) is 11.0. The van der Waals surface area contributed by atoms with Gasteiger partial charge in [0.1, 0.15) is 17.3 Å². The van der Waals surface area contributed by atoms with Crippen LogP contribution in [0.5, 0.6) is 0 Å². The van der Waals surface area contributed by atoms with Crippen LogP contribution in [0, 0.1) is 5.82 Å². The van der Waals surface area contributed by atoms with Gasteiger partial charge in [-0.1, -0.05) is 18.2 Å². The highest BCUT2D eigenvalue weighted by Crippen LogP contribution is 2.29. The van der Waals surface area contributed by atoms with Gasteiger partial charge in [0.15, 0.2) is 0 Å². The van der Waals surface area contributed by atoms with Crippen LogP contribution in [0.4, 0.5) is 4.39 Å². The molecule has 0 bridgehead atoms. The molecule has 0 unspecified atom stereocenters. The highest BCUT2D eigenvalue weighted by atomic mass is 32.1. The van der Waals surface area contributed by atoms with Gasteiger partial charge in [-0.3, -0.25) is 4.57 Å². The van der Waals surface area contributed by atoms with Crippen molar-refractivity contribution in [1.82, 2.24) is 9.55 Å². The van der Waals surface area contributed by atoms with Gasteiger partial charge >= 0.3 is 5.97 Å². The topological polar surface area (TPSA) is 55.1 Å². The maximum absolute atomic E-state index is 13.9. The fourth-order valence-electron chi connectivity index (χ4n) is 2.06. The summed E-state index contributed by atoms with van der Waals surface area (Å²) < 4.78 is 15.3. The lowest BCUT2D eigenvalue weighted by atomic mass is 10.1. The van der Waals surface area contributed by atoms with Crippen molar-refractivity contribution in [2.75, 3.05) is 0 Å². The summed E-state index contributed by atoms with van der Waals surface area (Å²) in [5.41, 5.74) is 2.22. The summed E-state index contributed by atoms with van der Waals surface area (Å²) in [7, 11) is 0. The Morgan fingerprint density at radius 1 is 1.25 bits per heavy atom. The SMILES string of the molecule is O=C(O)c1c(-c2ccccc2F)ccn1-c1cscn1. The molecule has 2 aromatic heterocycles. The first kappa shape index (κ1) is 12.6. The van der Waals surface area contributed by atoms with Crippen LogP contribution < -0.4 is 0 Å². The van der Waals surface area contributed by atoms with Gasteiger partial charge in [-0.05, 0) is 12.1 Å². The quantitative estimate of drug-likeness (QED) is 0.803. The van der Waals surface area contributed by atoms with E-state index in [9.17, 15) is 14.3 Å². The van der Waals surface area contributed by atoms with E-state index in [4.69, 9.17) is 0 Å². The molecular formula is C14H9FN2O2S. The number of nitrogens with zero attached hydrogens (tertiary/aromatic N) is 2. The number of thiazole rings is 1. The molecule has 3 aromatic rings. The molecule has 0 saturated carbocycles. The van der Waals surface area contributed by atoms with Gasteiger partial charge in [0.25, 0.3) is 0 Å². The average molecular weight is 288 g/mol. The van der Waals surface area contributed by atoms with E-state index in [0.29, 0.717) is 11.4 Å². The van der Waals surface area contributed by atoms with Crippen LogP contribution >= 0.6 is 11.3 Å². The van der Waals surface area contributed by atoms with Crippen molar-refractivity contribution < 1.29 is 14.3 Å². The number of benzene rings is 1. The normalized spacial score (nSPS) is 10.7. The lowest BCUT2D eigenvalue weighted by Gasteiger charge is -2.06. The summed E-state index contributed by atoms with van der Waals surface area (Å²) in [6.07, 6.45) is 1.58. The Labute approximate surface area is 117 Å². The van der Waals surface area contributed by atoms with E-state index >= 15 is 0 Å². The molecule has 20 heavy (non-hydrogen) atoms. The number of carbonyl (C=O) groups is 1. The van der Waals surface area contributed by atoms with Gasteiger partial charge in [-0.2, -0.15) is 0 Å². The molecule has 3 rings (SSSR count). The van der Waals surface area contributed by atoms with Crippen molar-refractivity contribution in [3.8, 4) is 16.9 Å². The summed E-state index contributed by atoms with van der Waals surface area (Å²) >= 11 is 1.36. The maximum Gasteiger partial charge on any atom is 0.353 e. The second-order valence-electron chi connectivity index (χ2n) is 4.08. The van der Waals surface area contributed by atoms with Crippen molar-refractivity contribution in [1.29, 1.82) is 0 Å². The van der Waals surface area contributed by atoms with Crippen molar-refractivity contribution >= 4 is 17.3 Å². The Morgan fingerprint density at radius 3 is 2.70 bits per heavy atom. The van der Waals surface area contributed by atoms with Crippen LogP contribution in [0.15, 0.2) is 47.4 Å². The third kappa shape index (κ3) is 2.00. The van der Waals surface area contributed by atoms with Gasteiger partial charge in [-0.25, -0.2) is 14.2 Å². The highest BCUT2D eigenvalue weighted by Gasteiger charge is 2.20. The summed E-state index contributed by atoms with van der Waals surface area (Å²) in [5.74, 6) is -1.07. The van der Waals surface area contributed by atoms with E-state index in [0.717, 1.165) is 0 Å². The zero-order valence-electron chi connectivity index (χ0n) is 10.2. The maximum atomic E-state index is 13.9. The number of aromatic carboxylic acids is 1. The lowest BCUT2D eigenvalue weighted by Crippen LogP contribution is -2.07. The van der Waals surface area contributed by atoms with Crippen LogP contribution in [0.2, 0.25) is 0 Å². The molecule has 0 amide bonds. The molecule has 1 aromatic carbocycles. The number of hydrogen-bond donors (Lipinski definition) is 1. The van der Waals surface area contributed by atoms with Crippen molar-refractivity contribution in [2.45, 2.75) is 0 Å². The third-order valence-electron chi connectivity index (χ3n) is 2.92. The first-order valence-electron chi connectivity index (χ1n) is 5.76. The predicted molar refractivity (Wildman–Crippen MR) is 73.8 cm³/mol. The Balaban J connectivity index is 2.24. The summed E-state index contributed by atoms with van der Waals surface area (Å²) in [6.45, 7) is 0. The van der Waals surface area contributed by atoms with E-state index in [-0.39, 0.29) is 11.3 Å². The average Bonchev–Trinajstić information content (AvgIpc) is 3.07. The minimum atomic E-state index is -1.12. The molecule has 0 aliphatic carbocycles. The molecule has 100 valence electrons. The predicted octanol–water partition coefficient (Wildman–Crippen LogP) is 3.44. The molecule has 2 heterocycles. The smallest absolute Gasteiger partial charge is 0.353 e. The number of carboxylic acids is 1. The van der Waals surface area contributed by atoms with Crippen LogP contribution in [0.1, 0.15) is 10.5 Å². The summed E-state index contributed by atoms with van der Waals surface area (Å²) in [4.78, 5) is 15.6. The molecule has 0 fully saturated rings. The lowest BCUT2D eigenvalue weighted by molar-refractivity contribution is 0.0689. The Kier molecular flexibility index (Phi) is 3.08. The monoisotopic (exact) mass is 288 g/mol. The summed E-state index contributed by atoms with van der Waals surface area (Å²) in [6, 6.07) is 7.69. The molecule has 0 saturated heterocycles. The van der Waals surface area contributed by atoms with E-state index in [1.165, 1.54) is 22.0 Å². The van der Waals surface area contributed by atoms with Crippen molar-refractivity contribution in [2.24, 2.45) is 0 Å². The van der Waals surface area contributed by atoms with Crippen LogP contribution in [-0.2, 0) is 0 Å². The minimum Gasteiger partial charge on any atom is -0.477 e. The standard InChI is InChI=1S/C14H9FN2O2S/c15-11-4-2-1-3-9(11)10-5-6-17(13(10)14(18)19)12-7-20-8-16-12/h1-8H,(H,18,19). The minimum absolute atomic E-state index is 0.000926. The van der Waals surface area contributed by atoms with Crippen LogP contribution in [-0.4, -0.2) is 20.6 Å². The molecular weight excluding hydrogens is 279 g/mol. The van der Waals surface area contributed by atoms with E-state index in [2.05, 4.69) is 4.98 Å². The number of carboxylic acid groups (broad SMARTS) is 1. The molecule has 6 heteroatoms. The fourth-order valence-corrected chi connectivity index (χ4v) is 2.59. The summed E-state index contributed by atoms with van der Waals surface area (Å²) in [5, 5.41) is 11.2.